The van der Waals surface area contributed by atoms with Gasteiger partial charge in [-0.15, -0.1) is 0 Å². The fourth-order valence-corrected chi connectivity index (χ4v) is 3.71. The van der Waals surface area contributed by atoms with Crippen LogP contribution in [0.2, 0.25) is 0 Å². The van der Waals surface area contributed by atoms with Crippen molar-refractivity contribution in [2.75, 3.05) is 19.7 Å². The number of hydrogen-bond acceptors (Lipinski definition) is 4. The second kappa shape index (κ2) is 7.37. The van der Waals surface area contributed by atoms with Crippen LogP contribution >= 0.6 is 0 Å². The van der Waals surface area contributed by atoms with E-state index in [4.69, 9.17) is 0 Å². The van der Waals surface area contributed by atoms with Crippen molar-refractivity contribution in [3.05, 3.63) is 42.2 Å². The Morgan fingerprint density at radius 3 is 2.88 bits per heavy atom. The van der Waals surface area contributed by atoms with E-state index in [1.807, 2.05) is 25.1 Å². The van der Waals surface area contributed by atoms with Crippen LogP contribution in [0.25, 0.3) is 11.4 Å². The Morgan fingerprint density at radius 2 is 2.24 bits per heavy atom. The average molecular weight is 343 g/mol. The smallest absolute Gasteiger partial charge is 0.254 e. The summed E-state index contributed by atoms with van der Waals surface area (Å²) in [7, 11) is 0. The number of H-pyrrole nitrogens is 1. The Bertz CT molecular complexity index is 716. The number of benzene rings is 1. The van der Waals surface area contributed by atoms with E-state index >= 15 is 0 Å². The van der Waals surface area contributed by atoms with Gasteiger partial charge in [-0.2, -0.15) is 0 Å². The van der Waals surface area contributed by atoms with Crippen LogP contribution in [0, 0.1) is 5.41 Å². The summed E-state index contributed by atoms with van der Waals surface area (Å²) in [5.74, 6) is 0.534. The van der Waals surface area contributed by atoms with Crippen molar-refractivity contribution in [3.63, 3.8) is 0 Å². The molecule has 0 spiro atoms. The highest BCUT2D eigenvalue weighted by Gasteiger charge is 2.42. The topological polar surface area (TPSA) is 89.5 Å². The molecule has 0 saturated carbocycles. The predicted octanol–water partition coefficient (Wildman–Crippen LogP) is 2.06. The van der Waals surface area contributed by atoms with Crippen LogP contribution < -0.4 is 0 Å². The quantitative estimate of drug-likeness (QED) is 0.775. The number of rotatable bonds is 5. The maximum atomic E-state index is 13.0. The minimum Gasteiger partial charge on any atom is -0.396 e. The van der Waals surface area contributed by atoms with Gasteiger partial charge in [0.25, 0.3) is 5.91 Å². The molecule has 3 N–H and O–H groups in total. The van der Waals surface area contributed by atoms with Gasteiger partial charge in [0.2, 0.25) is 0 Å². The number of aliphatic hydroxyl groups excluding tert-OH is 2. The van der Waals surface area contributed by atoms with E-state index in [9.17, 15) is 15.0 Å². The van der Waals surface area contributed by atoms with E-state index in [0.717, 1.165) is 18.4 Å². The molecule has 2 heterocycles. The summed E-state index contributed by atoms with van der Waals surface area (Å²) < 4.78 is 0. The molecule has 1 saturated heterocycles. The molecule has 3 rings (SSSR count). The number of nitrogens with one attached hydrogen (secondary N) is 1. The van der Waals surface area contributed by atoms with Crippen LogP contribution in [0.15, 0.2) is 36.7 Å². The number of carbonyl (C=O) groups excluding carboxylic acids is 1. The zero-order valence-corrected chi connectivity index (χ0v) is 14.5. The summed E-state index contributed by atoms with van der Waals surface area (Å²) in [5, 5.41) is 20.4. The Kier molecular flexibility index (Phi) is 5.20. The van der Waals surface area contributed by atoms with Crippen LogP contribution in [0.4, 0.5) is 0 Å². The Balaban J connectivity index is 1.82. The number of likely N-dealkylation sites (tertiary alicyclic amines) is 1. The minimum atomic E-state index is -0.717. The van der Waals surface area contributed by atoms with Crippen molar-refractivity contribution in [2.24, 2.45) is 5.41 Å². The lowest BCUT2D eigenvalue weighted by molar-refractivity contribution is -0.0713. The summed E-state index contributed by atoms with van der Waals surface area (Å²) in [4.78, 5) is 22.0. The number of aromatic amines is 1. The normalized spacial score (nSPS) is 23.6. The Hall–Kier alpha value is -2.18. The van der Waals surface area contributed by atoms with Crippen LogP contribution in [0.1, 0.15) is 36.5 Å². The van der Waals surface area contributed by atoms with Gasteiger partial charge in [0.1, 0.15) is 5.82 Å². The first kappa shape index (κ1) is 17.6. The molecular weight excluding hydrogens is 318 g/mol. The van der Waals surface area contributed by atoms with Gasteiger partial charge in [0.15, 0.2) is 0 Å². The summed E-state index contributed by atoms with van der Waals surface area (Å²) in [6.45, 7) is 2.77. The first-order valence-electron chi connectivity index (χ1n) is 8.78. The van der Waals surface area contributed by atoms with Crippen molar-refractivity contribution >= 4 is 5.91 Å². The van der Waals surface area contributed by atoms with Gasteiger partial charge in [0, 0.05) is 36.5 Å². The van der Waals surface area contributed by atoms with Crippen LogP contribution in [0.5, 0.6) is 0 Å². The number of imidazole rings is 1. The SMILES string of the molecule is CCC[C@]1(CO)CCN(C(=O)c2ccccc2-c2ncc[nH]2)C[C@H]1O. The molecule has 0 unspecified atom stereocenters. The van der Waals surface area contributed by atoms with Crippen molar-refractivity contribution in [3.8, 4) is 11.4 Å². The zero-order chi connectivity index (χ0) is 17.9. The molecule has 25 heavy (non-hydrogen) atoms. The third-order valence-corrected chi connectivity index (χ3v) is 5.24. The number of aromatic nitrogens is 2. The monoisotopic (exact) mass is 343 g/mol. The van der Waals surface area contributed by atoms with E-state index in [1.54, 1.807) is 23.4 Å². The van der Waals surface area contributed by atoms with E-state index < -0.39 is 11.5 Å². The first-order valence-corrected chi connectivity index (χ1v) is 8.78. The standard InChI is InChI=1S/C19H25N3O3/c1-2-7-19(13-23)8-11-22(12-16(19)24)18(25)15-6-4-3-5-14(15)17-20-9-10-21-17/h3-6,9-10,16,23-24H,2,7-8,11-13H2,1H3,(H,20,21)/t16-,19-/m1/s1. The fourth-order valence-electron chi connectivity index (χ4n) is 3.71. The average Bonchev–Trinajstić information content (AvgIpc) is 3.17. The van der Waals surface area contributed by atoms with Gasteiger partial charge in [-0.1, -0.05) is 31.5 Å². The van der Waals surface area contributed by atoms with Gasteiger partial charge in [0.05, 0.1) is 18.3 Å². The van der Waals surface area contributed by atoms with Gasteiger partial charge in [-0.05, 0) is 18.9 Å². The molecule has 1 amide bonds. The Morgan fingerprint density at radius 1 is 1.44 bits per heavy atom. The van der Waals surface area contributed by atoms with Gasteiger partial charge < -0.3 is 20.1 Å². The summed E-state index contributed by atoms with van der Waals surface area (Å²) in [6.07, 6.45) is 4.92. The summed E-state index contributed by atoms with van der Waals surface area (Å²) >= 11 is 0. The molecule has 6 heteroatoms. The number of hydrogen-bond donors (Lipinski definition) is 3. The fraction of sp³-hybridized carbons (Fsp3) is 0.474. The molecule has 1 aromatic carbocycles. The molecule has 1 aliphatic heterocycles. The van der Waals surface area contributed by atoms with Gasteiger partial charge in [-0.25, -0.2) is 4.98 Å². The highest BCUT2D eigenvalue weighted by atomic mass is 16.3. The molecule has 0 aliphatic carbocycles. The number of piperidine rings is 1. The number of amides is 1. The molecule has 2 atom stereocenters. The van der Waals surface area contributed by atoms with Crippen LogP contribution in [0.3, 0.4) is 0 Å². The number of β-amino-alcohol motifs (C(OH)–C–C–N with tert-alkyl or cyclic N) is 1. The molecule has 6 nitrogen and oxygen atoms in total. The second-order valence-corrected chi connectivity index (χ2v) is 6.77. The highest BCUT2D eigenvalue weighted by Crippen LogP contribution is 2.36. The highest BCUT2D eigenvalue weighted by molar-refractivity contribution is 6.00. The minimum absolute atomic E-state index is 0.0486. The van der Waals surface area contributed by atoms with Crippen LogP contribution in [-0.4, -0.2) is 56.8 Å². The zero-order valence-electron chi connectivity index (χ0n) is 14.5. The second-order valence-electron chi connectivity index (χ2n) is 6.77. The van der Waals surface area contributed by atoms with E-state index in [2.05, 4.69) is 9.97 Å². The van der Waals surface area contributed by atoms with Crippen LogP contribution in [-0.2, 0) is 0 Å². The third-order valence-electron chi connectivity index (χ3n) is 5.24. The molecular formula is C19H25N3O3. The maximum absolute atomic E-state index is 13.0. The van der Waals surface area contributed by atoms with E-state index in [1.165, 1.54) is 0 Å². The van der Waals surface area contributed by atoms with Gasteiger partial charge >= 0.3 is 0 Å². The molecule has 0 bridgehead atoms. The van der Waals surface area contributed by atoms with Crippen molar-refractivity contribution in [1.29, 1.82) is 0 Å². The molecule has 1 aromatic heterocycles. The van der Waals surface area contributed by atoms with E-state index in [0.29, 0.717) is 24.4 Å². The lowest BCUT2D eigenvalue weighted by atomic mass is 9.73. The number of carbonyl (C=O) groups is 1. The van der Waals surface area contributed by atoms with E-state index in [-0.39, 0.29) is 19.1 Å². The number of nitrogens with zero attached hydrogens (tertiary/aromatic N) is 2. The molecule has 2 aromatic rings. The number of aliphatic hydroxyl groups is 2. The molecule has 134 valence electrons. The predicted molar refractivity (Wildman–Crippen MR) is 95.0 cm³/mol. The van der Waals surface area contributed by atoms with Crippen molar-refractivity contribution in [1.82, 2.24) is 14.9 Å². The molecule has 1 fully saturated rings. The summed E-state index contributed by atoms with van der Waals surface area (Å²) in [6, 6.07) is 7.35. The van der Waals surface area contributed by atoms with Crippen molar-refractivity contribution < 1.29 is 15.0 Å². The molecule has 1 aliphatic rings. The largest absolute Gasteiger partial charge is 0.396 e. The lowest BCUT2D eigenvalue weighted by Gasteiger charge is -2.44. The van der Waals surface area contributed by atoms with Crippen molar-refractivity contribution in [2.45, 2.75) is 32.3 Å². The first-order chi connectivity index (χ1) is 12.1. The van der Waals surface area contributed by atoms with Gasteiger partial charge in [-0.3, -0.25) is 4.79 Å². The summed E-state index contributed by atoms with van der Waals surface area (Å²) in [5.41, 5.74) is 0.822. The lowest BCUT2D eigenvalue weighted by Crippen LogP contribution is -2.54. The molecule has 0 radical (unpaired) electrons. The third kappa shape index (κ3) is 3.32. The maximum Gasteiger partial charge on any atom is 0.254 e. The Labute approximate surface area is 147 Å².